The molecule has 1 fully saturated rings. The summed E-state index contributed by atoms with van der Waals surface area (Å²) in [6.45, 7) is 12.8. The zero-order valence-corrected chi connectivity index (χ0v) is 16.2. The summed E-state index contributed by atoms with van der Waals surface area (Å²) in [5.41, 5.74) is -0.423. The van der Waals surface area contributed by atoms with Crippen molar-refractivity contribution in [2.24, 2.45) is 5.92 Å². The van der Waals surface area contributed by atoms with Gasteiger partial charge in [-0.3, -0.25) is 0 Å². The van der Waals surface area contributed by atoms with Gasteiger partial charge in [0.15, 0.2) is 0 Å². The van der Waals surface area contributed by atoms with Crippen molar-refractivity contribution in [3.63, 3.8) is 0 Å². The molecule has 1 N–H and O–H groups in total. The van der Waals surface area contributed by atoms with E-state index in [0.717, 1.165) is 26.1 Å². The Hall–Kier alpha value is -0.810. The maximum atomic E-state index is 12.1. The third-order valence-electron chi connectivity index (χ3n) is 4.71. The highest BCUT2D eigenvalue weighted by Gasteiger charge is 2.30. The second-order valence-corrected chi connectivity index (χ2v) is 7.93. The zero-order valence-electron chi connectivity index (χ0n) is 16.2. The minimum Gasteiger partial charge on any atom is -0.444 e. The summed E-state index contributed by atoms with van der Waals surface area (Å²) in [4.78, 5) is 16.3. The van der Waals surface area contributed by atoms with Crippen LogP contribution in [0, 0.1) is 5.92 Å². The van der Waals surface area contributed by atoms with E-state index in [-0.39, 0.29) is 6.09 Å². The number of likely N-dealkylation sites (tertiary alicyclic amines) is 1. The van der Waals surface area contributed by atoms with Crippen LogP contribution in [0.2, 0.25) is 0 Å². The topological polar surface area (TPSA) is 44.8 Å². The first kappa shape index (κ1) is 20.2. The fourth-order valence-corrected chi connectivity index (χ4v) is 3.31. The van der Waals surface area contributed by atoms with Crippen LogP contribution in [-0.2, 0) is 4.74 Å². The number of hydrogen-bond donors (Lipinski definition) is 1. The third-order valence-corrected chi connectivity index (χ3v) is 4.71. The maximum Gasteiger partial charge on any atom is 0.410 e. The molecule has 0 aliphatic carbocycles. The van der Waals surface area contributed by atoms with E-state index >= 15 is 0 Å². The van der Waals surface area contributed by atoms with E-state index in [1.165, 1.54) is 12.8 Å². The monoisotopic (exact) mass is 327 g/mol. The molecule has 1 rings (SSSR count). The second-order valence-electron chi connectivity index (χ2n) is 7.93. The molecule has 0 aromatic rings. The zero-order chi connectivity index (χ0) is 17.6. The lowest BCUT2D eigenvalue weighted by Crippen LogP contribution is -2.47. The van der Waals surface area contributed by atoms with Gasteiger partial charge in [0.25, 0.3) is 0 Å². The Morgan fingerprint density at radius 3 is 2.39 bits per heavy atom. The SMILES string of the molecule is CCC(CC)[C@H](CN[C@@H]1CCN(C(=O)OC(C)(C)C)C1)N(C)C. The van der Waals surface area contributed by atoms with Gasteiger partial charge < -0.3 is 19.9 Å². The predicted octanol–water partition coefficient (Wildman–Crippen LogP) is 2.95. The number of carbonyl (C=O) groups excluding carboxylic acids is 1. The molecule has 1 heterocycles. The first-order chi connectivity index (χ1) is 10.7. The molecule has 1 saturated heterocycles. The van der Waals surface area contributed by atoms with Gasteiger partial charge in [-0.25, -0.2) is 4.79 Å². The molecular weight excluding hydrogens is 290 g/mol. The van der Waals surface area contributed by atoms with E-state index in [1.807, 2.05) is 25.7 Å². The Bertz CT molecular complexity index is 362. The summed E-state index contributed by atoms with van der Waals surface area (Å²) in [5, 5.41) is 3.67. The highest BCUT2D eigenvalue weighted by Crippen LogP contribution is 2.18. The molecule has 1 aliphatic rings. The lowest BCUT2D eigenvalue weighted by atomic mass is 9.93. The van der Waals surface area contributed by atoms with Crippen LogP contribution in [0.4, 0.5) is 4.79 Å². The molecule has 0 bridgehead atoms. The van der Waals surface area contributed by atoms with Gasteiger partial charge in [-0.1, -0.05) is 26.7 Å². The molecule has 1 amide bonds. The summed E-state index contributed by atoms with van der Waals surface area (Å²) in [7, 11) is 4.32. The van der Waals surface area contributed by atoms with Crippen molar-refractivity contribution in [1.82, 2.24) is 15.1 Å². The summed E-state index contributed by atoms with van der Waals surface area (Å²) < 4.78 is 5.46. The summed E-state index contributed by atoms with van der Waals surface area (Å²) in [5.74, 6) is 0.709. The summed E-state index contributed by atoms with van der Waals surface area (Å²) >= 11 is 0. The standard InChI is InChI=1S/C18H37N3O2/c1-8-14(9-2)16(20(6)7)12-19-15-10-11-21(13-15)17(22)23-18(3,4)5/h14-16,19H,8-13H2,1-7H3/t15-,16+/m1/s1. The van der Waals surface area contributed by atoms with Crippen molar-refractivity contribution in [1.29, 1.82) is 0 Å². The molecule has 136 valence electrons. The van der Waals surface area contributed by atoms with E-state index < -0.39 is 5.60 Å². The van der Waals surface area contributed by atoms with Crippen molar-refractivity contribution in [2.75, 3.05) is 33.7 Å². The highest BCUT2D eigenvalue weighted by molar-refractivity contribution is 5.68. The quantitative estimate of drug-likeness (QED) is 0.781. The minimum absolute atomic E-state index is 0.189. The molecule has 0 unspecified atom stereocenters. The van der Waals surface area contributed by atoms with Gasteiger partial charge in [-0.15, -0.1) is 0 Å². The summed E-state index contributed by atoms with van der Waals surface area (Å²) in [6, 6.07) is 0.917. The minimum atomic E-state index is -0.423. The summed E-state index contributed by atoms with van der Waals surface area (Å²) in [6.07, 6.45) is 3.22. The van der Waals surface area contributed by atoms with Crippen LogP contribution >= 0.6 is 0 Å². The normalized spacial score (nSPS) is 20.4. The van der Waals surface area contributed by atoms with Crippen molar-refractivity contribution < 1.29 is 9.53 Å². The van der Waals surface area contributed by atoms with Crippen molar-refractivity contribution in [3.8, 4) is 0 Å². The molecule has 0 radical (unpaired) electrons. The van der Waals surface area contributed by atoms with Crippen molar-refractivity contribution >= 4 is 6.09 Å². The van der Waals surface area contributed by atoms with Gasteiger partial charge >= 0.3 is 6.09 Å². The number of carbonyl (C=O) groups is 1. The number of nitrogens with one attached hydrogen (secondary N) is 1. The Balaban J connectivity index is 2.46. The van der Waals surface area contributed by atoms with Crippen LogP contribution in [0.3, 0.4) is 0 Å². The molecule has 1 aliphatic heterocycles. The fraction of sp³-hybridized carbons (Fsp3) is 0.944. The van der Waals surface area contributed by atoms with E-state index in [4.69, 9.17) is 4.74 Å². The number of nitrogens with zero attached hydrogens (tertiary/aromatic N) is 2. The van der Waals surface area contributed by atoms with Crippen LogP contribution < -0.4 is 5.32 Å². The number of ether oxygens (including phenoxy) is 1. The van der Waals surface area contributed by atoms with Gasteiger partial charge in [0.05, 0.1) is 0 Å². The largest absolute Gasteiger partial charge is 0.444 e. The average Bonchev–Trinajstić information content (AvgIpc) is 2.90. The van der Waals surface area contributed by atoms with E-state index in [1.54, 1.807) is 0 Å². The Morgan fingerprint density at radius 2 is 1.91 bits per heavy atom. The van der Waals surface area contributed by atoms with Gasteiger partial charge in [0.2, 0.25) is 0 Å². The van der Waals surface area contributed by atoms with Gasteiger partial charge in [0.1, 0.15) is 5.60 Å². The number of rotatable bonds is 7. The number of likely N-dealkylation sites (N-methyl/N-ethyl adjacent to an activating group) is 1. The van der Waals surface area contributed by atoms with Crippen molar-refractivity contribution in [2.45, 2.75) is 71.6 Å². The molecule has 0 spiro atoms. The lowest BCUT2D eigenvalue weighted by molar-refractivity contribution is 0.0290. The van der Waals surface area contributed by atoms with Crippen LogP contribution in [0.5, 0.6) is 0 Å². The van der Waals surface area contributed by atoms with Crippen LogP contribution in [0.25, 0.3) is 0 Å². The number of amides is 1. The van der Waals surface area contributed by atoms with Gasteiger partial charge in [-0.2, -0.15) is 0 Å². The molecule has 0 saturated carbocycles. The van der Waals surface area contributed by atoms with Crippen LogP contribution in [0.1, 0.15) is 53.9 Å². The van der Waals surface area contributed by atoms with E-state index in [9.17, 15) is 4.79 Å². The smallest absolute Gasteiger partial charge is 0.410 e. The van der Waals surface area contributed by atoms with Crippen LogP contribution in [-0.4, -0.2) is 67.3 Å². The average molecular weight is 328 g/mol. The number of hydrogen-bond acceptors (Lipinski definition) is 4. The van der Waals surface area contributed by atoms with Crippen LogP contribution in [0.15, 0.2) is 0 Å². The Kier molecular flexibility index (Phi) is 7.81. The molecular formula is C18H37N3O2. The molecule has 5 nitrogen and oxygen atoms in total. The van der Waals surface area contributed by atoms with E-state index in [0.29, 0.717) is 18.0 Å². The first-order valence-electron chi connectivity index (χ1n) is 9.05. The van der Waals surface area contributed by atoms with Gasteiger partial charge in [0, 0.05) is 31.7 Å². The van der Waals surface area contributed by atoms with Gasteiger partial charge in [-0.05, 0) is 47.2 Å². The molecule has 2 atom stereocenters. The Morgan fingerprint density at radius 1 is 1.30 bits per heavy atom. The second kappa shape index (κ2) is 8.88. The van der Waals surface area contributed by atoms with E-state index in [2.05, 4.69) is 38.2 Å². The molecule has 23 heavy (non-hydrogen) atoms. The highest BCUT2D eigenvalue weighted by atomic mass is 16.6. The third kappa shape index (κ3) is 6.68. The van der Waals surface area contributed by atoms with Crippen molar-refractivity contribution in [3.05, 3.63) is 0 Å². The first-order valence-corrected chi connectivity index (χ1v) is 9.05. The Labute approximate surface area is 142 Å². The molecule has 0 aromatic carbocycles. The molecule has 5 heteroatoms. The molecule has 0 aromatic heterocycles. The fourth-order valence-electron chi connectivity index (χ4n) is 3.31. The lowest BCUT2D eigenvalue weighted by Gasteiger charge is -2.32. The predicted molar refractivity (Wildman–Crippen MR) is 95.8 cm³/mol. The maximum absolute atomic E-state index is 12.1.